The van der Waals surface area contributed by atoms with E-state index in [-0.39, 0.29) is 5.91 Å². The minimum atomic E-state index is 0.238. The number of amides is 1. The zero-order valence-electron chi connectivity index (χ0n) is 13.0. The summed E-state index contributed by atoms with van der Waals surface area (Å²) in [5.74, 6) is 1.81. The van der Waals surface area contributed by atoms with Crippen LogP contribution in [0.5, 0.6) is 0 Å². The summed E-state index contributed by atoms with van der Waals surface area (Å²) in [5, 5.41) is 0. The van der Waals surface area contributed by atoms with E-state index in [0.717, 1.165) is 37.9 Å². The fraction of sp³-hybridized carbons (Fsp3) is 0.353. The maximum Gasteiger partial charge on any atom is 0.225 e. The summed E-state index contributed by atoms with van der Waals surface area (Å²) in [7, 11) is 0. The molecule has 0 spiro atoms. The Morgan fingerprint density at radius 2 is 1.70 bits per heavy atom. The quantitative estimate of drug-likeness (QED) is 0.788. The fourth-order valence-electron chi connectivity index (χ4n) is 2.54. The Balaban J connectivity index is 1.41. The zero-order chi connectivity index (χ0) is 15.9. The predicted octanol–water partition coefficient (Wildman–Crippen LogP) is 2.31. The molecular formula is C17H20N4OS. The van der Waals surface area contributed by atoms with E-state index < -0.39 is 0 Å². The van der Waals surface area contributed by atoms with E-state index in [4.69, 9.17) is 0 Å². The van der Waals surface area contributed by atoms with E-state index in [9.17, 15) is 4.79 Å². The van der Waals surface area contributed by atoms with Crippen molar-refractivity contribution in [1.82, 2.24) is 14.9 Å². The van der Waals surface area contributed by atoms with Crippen molar-refractivity contribution in [2.45, 2.75) is 11.3 Å². The van der Waals surface area contributed by atoms with Crippen LogP contribution in [0.3, 0.4) is 0 Å². The van der Waals surface area contributed by atoms with Crippen LogP contribution in [0.2, 0.25) is 0 Å². The first-order chi connectivity index (χ1) is 11.3. The molecule has 1 saturated heterocycles. The Kier molecular flexibility index (Phi) is 5.47. The van der Waals surface area contributed by atoms with E-state index in [1.807, 2.05) is 29.2 Å². The van der Waals surface area contributed by atoms with Gasteiger partial charge in [0.25, 0.3) is 0 Å². The molecule has 0 unspecified atom stereocenters. The zero-order valence-corrected chi connectivity index (χ0v) is 13.8. The molecule has 120 valence electrons. The molecule has 5 nitrogen and oxygen atoms in total. The van der Waals surface area contributed by atoms with Crippen LogP contribution >= 0.6 is 11.8 Å². The average molecular weight is 328 g/mol. The van der Waals surface area contributed by atoms with Crippen molar-refractivity contribution in [3.63, 3.8) is 0 Å². The molecule has 0 radical (unpaired) electrons. The molecule has 3 rings (SSSR count). The summed E-state index contributed by atoms with van der Waals surface area (Å²) < 4.78 is 0. The van der Waals surface area contributed by atoms with E-state index in [2.05, 4.69) is 27.0 Å². The Bertz CT molecular complexity index is 615. The van der Waals surface area contributed by atoms with Gasteiger partial charge in [0, 0.05) is 55.6 Å². The van der Waals surface area contributed by atoms with Gasteiger partial charge < -0.3 is 9.80 Å². The molecule has 1 aromatic carbocycles. The van der Waals surface area contributed by atoms with Gasteiger partial charge in [-0.25, -0.2) is 9.97 Å². The lowest BCUT2D eigenvalue weighted by Gasteiger charge is -2.34. The van der Waals surface area contributed by atoms with Crippen LogP contribution in [0.15, 0.2) is 53.7 Å². The first-order valence-corrected chi connectivity index (χ1v) is 8.79. The molecule has 6 heteroatoms. The maximum absolute atomic E-state index is 12.3. The lowest BCUT2D eigenvalue weighted by Crippen LogP contribution is -2.49. The Morgan fingerprint density at radius 3 is 2.39 bits per heavy atom. The van der Waals surface area contributed by atoms with Crippen molar-refractivity contribution in [2.24, 2.45) is 0 Å². The highest BCUT2D eigenvalue weighted by Gasteiger charge is 2.21. The molecule has 0 saturated carbocycles. The second-order valence-corrected chi connectivity index (χ2v) is 6.50. The van der Waals surface area contributed by atoms with Gasteiger partial charge in [0.2, 0.25) is 11.9 Å². The number of nitrogens with zero attached hydrogens (tertiary/aromatic N) is 4. The van der Waals surface area contributed by atoms with Crippen LogP contribution in [-0.4, -0.2) is 52.7 Å². The number of anilines is 1. The lowest BCUT2D eigenvalue weighted by atomic mass is 10.3. The molecule has 1 amide bonds. The van der Waals surface area contributed by atoms with Crippen LogP contribution in [0.4, 0.5) is 5.95 Å². The first-order valence-electron chi connectivity index (χ1n) is 7.80. The standard InChI is InChI=1S/C17H20N4OS/c22-16(7-14-23-15-5-2-1-3-6-15)20-10-12-21(13-11-20)17-18-8-4-9-19-17/h1-6,8-9H,7,10-14H2. The van der Waals surface area contributed by atoms with Crippen molar-refractivity contribution in [2.75, 3.05) is 36.8 Å². The van der Waals surface area contributed by atoms with E-state index in [1.54, 1.807) is 24.2 Å². The third-order valence-corrected chi connectivity index (χ3v) is 4.81. The SMILES string of the molecule is O=C(CCSc1ccccc1)N1CCN(c2ncccn2)CC1. The second-order valence-electron chi connectivity index (χ2n) is 5.33. The van der Waals surface area contributed by atoms with Crippen molar-refractivity contribution in [3.8, 4) is 0 Å². The molecule has 1 aliphatic heterocycles. The van der Waals surface area contributed by atoms with Gasteiger partial charge in [-0.3, -0.25) is 4.79 Å². The van der Waals surface area contributed by atoms with Gasteiger partial charge in [0.1, 0.15) is 0 Å². The largest absolute Gasteiger partial charge is 0.339 e. The number of carbonyl (C=O) groups is 1. The first kappa shape index (κ1) is 15.8. The predicted molar refractivity (Wildman–Crippen MR) is 92.6 cm³/mol. The lowest BCUT2D eigenvalue weighted by molar-refractivity contribution is -0.131. The molecule has 0 N–H and O–H groups in total. The summed E-state index contributed by atoms with van der Waals surface area (Å²) >= 11 is 1.73. The van der Waals surface area contributed by atoms with Crippen molar-refractivity contribution >= 4 is 23.6 Å². The van der Waals surface area contributed by atoms with Gasteiger partial charge in [-0.15, -0.1) is 11.8 Å². The van der Waals surface area contributed by atoms with Crippen molar-refractivity contribution in [1.29, 1.82) is 0 Å². The molecule has 2 heterocycles. The molecule has 0 atom stereocenters. The van der Waals surface area contributed by atoms with Gasteiger partial charge in [0.15, 0.2) is 0 Å². The van der Waals surface area contributed by atoms with Crippen molar-refractivity contribution < 1.29 is 4.79 Å². The van der Waals surface area contributed by atoms with Crippen molar-refractivity contribution in [3.05, 3.63) is 48.8 Å². The fourth-order valence-corrected chi connectivity index (χ4v) is 3.40. The topological polar surface area (TPSA) is 49.3 Å². The Labute approximate surface area is 140 Å². The molecule has 0 aliphatic carbocycles. The maximum atomic E-state index is 12.3. The second kappa shape index (κ2) is 7.97. The summed E-state index contributed by atoms with van der Waals surface area (Å²) in [6, 6.07) is 12.0. The van der Waals surface area contributed by atoms with Crippen LogP contribution in [0.25, 0.3) is 0 Å². The molecule has 1 aliphatic rings. The Morgan fingerprint density at radius 1 is 1.00 bits per heavy atom. The third kappa shape index (κ3) is 4.45. The highest BCUT2D eigenvalue weighted by atomic mass is 32.2. The molecule has 1 fully saturated rings. The van der Waals surface area contributed by atoms with Crippen LogP contribution < -0.4 is 4.90 Å². The number of rotatable bonds is 5. The van der Waals surface area contributed by atoms with Gasteiger partial charge in [-0.1, -0.05) is 18.2 Å². The molecule has 1 aromatic heterocycles. The number of piperazine rings is 1. The molecular weight excluding hydrogens is 308 g/mol. The van der Waals surface area contributed by atoms with Gasteiger partial charge in [-0.2, -0.15) is 0 Å². The summed E-state index contributed by atoms with van der Waals surface area (Å²) in [6.07, 6.45) is 4.09. The number of carbonyl (C=O) groups excluding carboxylic acids is 1. The molecule has 0 bridgehead atoms. The number of benzene rings is 1. The molecule has 23 heavy (non-hydrogen) atoms. The van der Waals surface area contributed by atoms with Crippen LogP contribution in [0, 0.1) is 0 Å². The number of hydrogen-bond donors (Lipinski definition) is 0. The minimum Gasteiger partial charge on any atom is -0.339 e. The Hall–Kier alpha value is -2.08. The van der Waals surface area contributed by atoms with Gasteiger partial charge in [-0.05, 0) is 18.2 Å². The smallest absolute Gasteiger partial charge is 0.225 e. The van der Waals surface area contributed by atoms with E-state index in [1.165, 1.54) is 4.90 Å². The highest BCUT2D eigenvalue weighted by Crippen LogP contribution is 2.18. The van der Waals surface area contributed by atoms with Gasteiger partial charge >= 0.3 is 0 Å². The number of hydrogen-bond acceptors (Lipinski definition) is 5. The normalized spacial score (nSPS) is 14.8. The molecule has 2 aromatic rings. The van der Waals surface area contributed by atoms with E-state index >= 15 is 0 Å². The van der Waals surface area contributed by atoms with Crippen LogP contribution in [-0.2, 0) is 4.79 Å². The number of aromatic nitrogens is 2. The minimum absolute atomic E-state index is 0.238. The van der Waals surface area contributed by atoms with Gasteiger partial charge in [0.05, 0.1) is 0 Å². The average Bonchev–Trinajstić information content (AvgIpc) is 2.63. The number of thioether (sulfide) groups is 1. The summed E-state index contributed by atoms with van der Waals surface area (Å²) in [4.78, 5) is 26.1. The van der Waals surface area contributed by atoms with E-state index in [0.29, 0.717) is 6.42 Å². The summed E-state index contributed by atoms with van der Waals surface area (Å²) in [6.45, 7) is 3.07. The highest BCUT2D eigenvalue weighted by molar-refractivity contribution is 7.99. The monoisotopic (exact) mass is 328 g/mol. The van der Waals surface area contributed by atoms with Crippen LogP contribution in [0.1, 0.15) is 6.42 Å². The summed E-state index contributed by atoms with van der Waals surface area (Å²) in [5.41, 5.74) is 0. The third-order valence-electron chi connectivity index (χ3n) is 3.80.